The Labute approximate surface area is 207 Å². The second-order valence-corrected chi connectivity index (χ2v) is 9.36. The fourth-order valence-electron chi connectivity index (χ4n) is 4.70. The first kappa shape index (κ1) is 26.0. The van der Waals surface area contributed by atoms with Gasteiger partial charge in [-0.25, -0.2) is 9.37 Å². The number of benzene rings is 1. The first-order valence-electron chi connectivity index (χ1n) is 11.0. The highest BCUT2D eigenvalue weighted by Crippen LogP contribution is 2.47. The molecule has 2 amide bonds. The molecule has 1 heterocycles. The summed E-state index contributed by atoms with van der Waals surface area (Å²) in [4.78, 5) is 28.9. The van der Waals surface area contributed by atoms with Crippen LogP contribution < -0.4 is 20.1 Å². The van der Waals surface area contributed by atoms with Gasteiger partial charge in [0.15, 0.2) is 6.61 Å². The van der Waals surface area contributed by atoms with Gasteiger partial charge in [-0.15, -0.1) is 13.2 Å². The van der Waals surface area contributed by atoms with Crippen LogP contribution in [0.3, 0.4) is 0 Å². The maximum Gasteiger partial charge on any atom is 0.573 e. The van der Waals surface area contributed by atoms with E-state index >= 15 is 0 Å². The second-order valence-electron chi connectivity index (χ2n) is 8.95. The molecule has 194 valence electrons. The summed E-state index contributed by atoms with van der Waals surface area (Å²) in [7, 11) is 0. The predicted molar refractivity (Wildman–Crippen MR) is 118 cm³/mol. The van der Waals surface area contributed by atoms with Crippen LogP contribution in [0.4, 0.5) is 17.6 Å². The summed E-state index contributed by atoms with van der Waals surface area (Å²) in [5, 5.41) is 16.4. The Balaban J connectivity index is 1.32. The number of nitrogens with one attached hydrogen (secondary N) is 2. The Morgan fingerprint density at radius 3 is 2.39 bits per heavy atom. The minimum Gasteiger partial charge on any atom is -0.484 e. The number of hydrogen-bond acceptors (Lipinski definition) is 6. The number of fused-ring (bicyclic) bond motifs is 3. The molecule has 8 nitrogen and oxygen atoms in total. The highest BCUT2D eigenvalue weighted by molar-refractivity contribution is 6.30. The molecule has 36 heavy (non-hydrogen) atoms. The number of nitrogens with zero attached hydrogens (tertiary/aromatic N) is 1. The van der Waals surface area contributed by atoms with Crippen LogP contribution in [0.5, 0.6) is 11.5 Å². The summed E-state index contributed by atoms with van der Waals surface area (Å²) in [6, 6.07) is 5.91. The zero-order chi connectivity index (χ0) is 26.1. The first-order valence-corrected chi connectivity index (χ1v) is 11.4. The van der Waals surface area contributed by atoms with Gasteiger partial charge in [-0.1, -0.05) is 11.6 Å². The zero-order valence-corrected chi connectivity index (χ0v) is 19.5. The standard InChI is InChI=1S/C23H22ClF4N3O5/c24-15-3-1-13(9-16(15)25)35-12-19(33)30-22-7-5-21(6-8-22,10-18(22)32)31-20(34)17-4-2-14(11-29-17)36-23(26,27)28/h1-4,9,11,18,32H,5-8,10,12H2,(H,30,33)(H,31,34). The third-order valence-electron chi connectivity index (χ3n) is 6.55. The Bertz CT molecular complexity index is 1140. The summed E-state index contributed by atoms with van der Waals surface area (Å²) in [5.41, 5.74) is -1.74. The maximum absolute atomic E-state index is 13.5. The van der Waals surface area contributed by atoms with Crippen molar-refractivity contribution in [2.24, 2.45) is 0 Å². The molecule has 3 aliphatic carbocycles. The van der Waals surface area contributed by atoms with E-state index in [1.165, 1.54) is 12.1 Å². The van der Waals surface area contributed by atoms with Crippen LogP contribution in [0.15, 0.2) is 36.5 Å². The lowest BCUT2D eigenvalue weighted by atomic mass is 9.60. The molecule has 1 atom stereocenters. The van der Waals surface area contributed by atoms with Gasteiger partial charge in [0.05, 0.1) is 22.9 Å². The molecule has 1 aromatic heterocycles. The van der Waals surface area contributed by atoms with Gasteiger partial charge in [-0.3, -0.25) is 9.59 Å². The molecule has 1 unspecified atom stereocenters. The van der Waals surface area contributed by atoms with E-state index in [1.54, 1.807) is 0 Å². The number of pyridine rings is 1. The molecular weight excluding hydrogens is 510 g/mol. The summed E-state index contributed by atoms with van der Waals surface area (Å²) in [6.45, 7) is -0.392. The zero-order valence-electron chi connectivity index (χ0n) is 18.7. The number of amides is 2. The summed E-state index contributed by atoms with van der Waals surface area (Å²) in [6.07, 6.45) is -3.21. The van der Waals surface area contributed by atoms with Gasteiger partial charge in [-0.2, -0.15) is 0 Å². The molecule has 0 aliphatic heterocycles. The van der Waals surface area contributed by atoms with Crippen LogP contribution in [0.1, 0.15) is 42.6 Å². The molecule has 3 N–H and O–H groups in total. The predicted octanol–water partition coefficient (Wildman–Crippen LogP) is 3.51. The molecule has 13 heteroatoms. The number of carbonyl (C=O) groups is 2. The molecule has 3 fully saturated rings. The van der Waals surface area contributed by atoms with Gasteiger partial charge >= 0.3 is 6.36 Å². The Kier molecular flexibility index (Phi) is 7.02. The van der Waals surface area contributed by atoms with Crippen LogP contribution >= 0.6 is 11.6 Å². The smallest absolute Gasteiger partial charge is 0.484 e. The molecule has 5 rings (SSSR count). The average molecular weight is 532 g/mol. The lowest BCUT2D eigenvalue weighted by Crippen LogP contribution is -2.70. The molecule has 1 aromatic carbocycles. The molecular formula is C23H22ClF4N3O5. The SMILES string of the molecule is O=C(COc1ccc(Cl)c(F)c1)NC12CCC(NC(=O)c3ccc(OC(F)(F)F)cn3)(CC1)CC2O. The van der Waals surface area contributed by atoms with Crippen molar-refractivity contribution in [3.8, 4) is 11.5 Å². The van der Waals surface area contributed by atoms with E-state index in [-0.39, 0.29) is 22.9 Å². The van der Waals surface area contributed by atoms with Gasteiger partial charge in [0.2, 0.25) is 0 Å². The van der Waals surface area contributed by atoms with E-state index in [9.17, 15) is 32.3 Å². The maximum atomic E-state index is 13.5. The van der Waals surface area contributed by atoms with Crippen molar-refractivity contribution in [2.45, 2.75) is 55.6 Å². The molecule has 0 radical (unpaired) electrons. The van der Waals surface area contributed by atoms with Crippen LogP contribution in [-0.2, 0) is 4.79 Å². The van der Waals surface area contributed by atoms with Gasteiger partial charge < -0.3 is 25.2 Å². The fourth-order valence-corrected chi connectivity index (χ4v) is 4.82. The first-order chi connectivity index (χ1) is 16.9. The van der Waals surface area contributed by atoms with Crippen molar-refractivity contribution in [3.05, 3.63) is 53.1 Å². The van der Waals surface area contributed by atoms with E-state index in [1.807, 2.05) is 0 Å². The number of aliphatic hydroxyl groups excluding tert-OH is 1. The largest absolute Gasteiger partial charge is 0.573 e. The summed E-state index contributed by atoms with van der Waals surface area (Å²) >= 11 is 5.62. The van der Waals surface area contributed by atoms with E-state index in [0.717, 1.165) is 24.4 Å². The fraction of sp³-hybridized carbons (Fsp3) is 0.435. The van der Waals surface area contributed by atoms with Crippen LogP contribution in [0.2, 0.25) is 5.02 Å². The van der Waals surface area contributed by atoms with Gasteiger partial charge in [0.25, 0.3) is 11.8 Å². The number of hydrogen-bond donors (Lipinski definition) is 3. The quantitative estimate of drug-likeness (QED) is 0.472. The number of halogens is 5. The Morgan fingerprint density at radius 2 is 1.81 bits per heavy atom. The van der Waals surface area contributed by atoms with Gasteiger partial charge in [0.1, 0.15) is 23.0 Å². The van der Waals surface area contributed by atoms with E-state index in [4.69, 9.17) is 16.3 Å². The van der Waals surface area contributed by atoms with Crippen molar-refractivity contribution in [3.63, 3.8) is 0 Å². The molecule has 2 aromatic rings. The van der Waals surface area contributed by atoms with Crippen molar-refractivity contribution >= 4 is 23.4 Å². The normalized spacial score (nSPS) is 25.2. The lowest BCUT2D eigenvalue weighted by molar-refractivity contribution is -0.274. The number of aliphatic hydroxyl groups is 1. The molecule has 3 saturated carbocycles. The minimum absolute atomic E-state index is 0.0722. The molecule has 2 bridgehead atoms. The highest BCUT2D eigenvalue weighted by Gasteiger charge is 2.55. The highest BCUT2D eigenvalue weighted by atomic mass is 35.5. The van der Waals surface area contributed by atoms with Gasteiger partial charge in [-0.05, 0) is 56.4 Å². The monoisotopic (exact) mass is 531 g/mol. The van der Waals surface area contributed by atoms with Crippen molar-refractivity contribution in [1.29, 1.82) is 0 Å². The number of carbonyl (C=O) groups excluding carboxylic acids is 2. The summed E-state index contributed by atoms with van der Waals surface area (Å²) < 4.78 is 59.5. The van der Waals surface area contributed by atoms with E-state index in [2.05, 4.69) is 20.4 Å². The minimum atomic E-state index is -4.87. The van der Waals surface area contributed by atoms with Gasteiger partial charge in [0, 0.05) is 11.6 Å². The third-order valence-corrected chi connectivity index (χ3v) is 6.86. The number of aromatic nitrogens is 1. The Hall–Kier alpha value is -3.12. The molecule has 0 spiro atoms. The molecule has 3 aliphatic rings. The lowest BCUT2D eigenvalue weighted by Gasteiger charge is -2.56. The number of ether oxygens (including phenoxy) is 2. The molecule has 0 saturated heterocycles. The van der Waals surface area contributed by atoms with Crippen LogP contribution in [0, 0.1) is 5.82 Å². The van der Waals surface area contributed by atoms with Crippen molar-refractivity contribution in [1.82, 2.24) is 15.6 Å². The van der Waals surface area contributed by atoms with Crippen molar-refractivity contribution < 1.29 is 41.7 Å². The number of alkyl halides is 3. The topological polar surface area (TPSA) is 110 Å². The second kappa shape index (κ2) is 9.74. The van der Waals surface area contributed by atoms with E-state index in [0.29, 0.717) is 25.7 Å². The third kappa shape index (κ3) is 5.81. The van der Waals surface area contributed by atoms with E-state index < -0.39 is 53.5 Å². The Morgan fingerprint density at radius 1 is 1.11 bits per heavy atom. The van der Waals surface area contributed by atoms with Crippen LogP contribution in [0.25, 0.3) is 0 Å². The summed E-state index contributed by atoms with van der Waals surface area (Å²) in [5.74, 6) is -2.18. The number of rotatable bonds is 7. The van der Waals surface area contributed by atoms with Crippen molar-refractivity contribution in [2.75, 3.05) is 6.61 Å². The average Bonchev–Trinajstić information content (AvgIpc) is 2.80. The van der Waals surface area contributed by atoms with Crippen LogP contribution in [-0.4, -0.2) is 52.1 Å².